The van der Waals surface area contributed by atoms with Crippen LogP contribution in [0.2, 0.25) is 0 Å². The molecule has 0 spiro atoms. The van der Waals surface area contributed by atoms with Crippen LogP contribution in [-0.4, -0.2) is 27.9 Å². The van der Waals surface area contributed by atoms with Crippen molar-refractivity contribution in [1.82, 2.24) is 14.9 Å². The zero-order valence-electron chi connectivity index (χ0n) is 10.5. The van der Waals surface area contributed by atoms with E-state index in [0.29, 0.717) is 18.7 Å². The Kier molecular flexibility index (Phi) is 2.87. The third-order valence-corrected chi connectivity index (χ3v) is 3.21. The molecule has 0 atom stereocenters. The number of ether oxygens (including phenoxy) is 1. The second kappa shape index (κ2) is 4.68. The van der Waals surface area contributed by atoms with E-state index >= 15 is 0 Å². The molecule has 5 nitrogen and oxygen atoms in total. The van der Waals surface area contributed by atoms with Gasteiger partial charge in [0.1, 0.15) is 12.1 Å². The van der Waals surface area contributed by atoms with Crippen molar-refractivity contribution in [3.05, 3.63) is 53.6 Å². The standard InChI is InChI=1S/C14H13N3O2/c1-19-12-4-2-10(3-5-12)14(18)17-7-11-6-15-9-16-13(11)8-17/h2-6,9H,7-8H2,1H3. The molecule has 5 heteroatoms. The Bertz CT molecular complexity index is 585. The highest BCUT2D eigenvalue weighted by molar-refractivity contribution is 5.94. The summed E-state index contributed by atoms with van der Waals surface area (Å²) in [6.45, 7) is 1.11. The molecular weight excluding hydrogens is 242 g/mol. The highest BCUT2D eigenvalue weighted by Gasteiger charge is 2.25. The maximum absolute atomic E-state index is 12.4. The smallest absolute Gasteiger partial charge is 0.254 e. The van der Waals surface area contributed by atoms with Crippen LogP contribution in [0.3, 0.4) is 0 Å². The van der Waals surface area contributed by atoms with Gasteiger partial charge in [0.15, 0.2) is 0 Å². The van der Waals surface area contributed by atoms with Gasteiger partial charge >= 0.3 is 0 Å². The lowest BCUT2D eigenvalue weighted by atomic mass is 10.2. The first kappa shape index (κ1) is 11.6. The molecule has 0 radical (unpaired) electrons. The third-order valence-electron chi connectivity index (χ3n) is 3.21. The number of methoxy groups -OCH3 is 1. The summed E-state index contributed by atoms with van der Waals surface area (Å²) in [5, 5.41) is 0. The summed E-state index contributed by atoms with van der Waals surface area (Å²) >= 11 is 0. The molecule has 1 aromatic carbocycles. The number of carbonyl (C=O) groups is 1. The van der Waals surface area contributed by atoms with Gasteiger partial charge in [0.05, 0.1) is 19.3 Å². The van der Waals surface area contributed by atoms with Gasteiger partial charge in [0, 0.05) is 23.9 Å². The summed E-state index contributed by atoms with van der Waals surface area (Å²) in [5.74, 6) is 0.743. The molecule has 2 heterocycles. The van der Waals surface area contributed by atoms with Crippen molar-refractivity contribution in [2.75, 3.05) is 7.11 Å². The fourth-order valence-electron chi connectivity index (χ4n) is 2.16. The molecule has 1 aliphatic rings. The summed E-state index contributed by atoms with van der Waals surface area (Å²) in [5.41, 5.74) is 2.60. The SMILES string of the molecule is COc1ccc(C(=O)N2Cc3cncnc3C2)cc1. The van der Waals surface area contributed by atoms with Crippen LogP contribution in [0.5, 0.6) is 5.75 Å². The van der Waals surface area contributed by atoms with Crippen LogP contribution >= 0.6 is 0 Å². The van der Waals surface area contributed by atoms with Crippen LogP contribution < -0.4 is 4.74 Å². The van der Waals surface area contributed by atoms with Gasteiger partial charge < -0.3 is 9.64 Å². The van der Waals surface area contributed by atoms with Crippen LogP contribution in [0, 0.1) is 0 Å². The molecule has 2 aromatic rings. The van der Waals surface area contributed by atoms with E-state index in [1.165, 1.54) is 6.33 Å². The normalized spacial score (nSPS) is 13.2. The van der Waals surface area contributed by atoms with Crippen molar-refractivity contribution in [3.8, 4) is 5.75 Å². The van der Waals surface area contributed by atoms with E-state index in [-0.39, 0.29) is 5.91 Å². The van der Waals surface area contributed by atoms with Gasteiger partial charge in [-0.05, 0) is 24.3 Å². The predicted octanol–water partition coefficient (Wildman–Crippen LogP) is 1.64. The van der Waals surface area contributed by atoms with Crippen LogP contribution in [0.15, 0.2) is 36.8 Å². The number of amides is 1. The number of hydrogen-bond donors (Lipinski definition) is 0. The Morgan fingerprint density at radius 2 is 2.05 bits per heavy atom. The first-order valence-corrected chi connectivity index (χ1v) is 5.99. The molecule has 19 heavy (non-hydrogen) atoms. The fourth-order valence-corrected chi connectivity index (χ4v) is 2.16. The minimum absolute atomic E-state index is 0.000605. The second-order valence-electron chi connectivity index (χ2n) is 4.38. The van der Waals surface area contributed by atoms with Gasteiger partial charge in [-0.3, -0.25) is 4.79 Å². The number of benzene rings is 1. The Balaban J connectivity index is 1.79. The molecule has 0 aliphatic carbocycles. The summed E-state index contributed by atoms with van der Waals surface area (Å²) in [4.78, 5) is 22.3. The molecule has 0 saturated heterocycles. The van der Waals surface area contributed by atoms with E-state index in [1.807, 2.05) is 0 Å². The molecule has 1 amide bonds. The summed E-state index contributed by atoms with van der Waals surface area (Å²) in [7, 11) is 1.60. The molecule has 0 N–H and O–H groups in total. The van der Waals surface area contributed by atoms with E-state index in [9.17, 15) is 4.79 Å². The lowest BCUT2D eigenvalue weighted by Gasteiger charge is -2.15. The molecule has 0 bridgehead atoms. The minimum Gasteiger partial charge on any atom is -0.497 e. The Hall–Kier alpha value is -2.43. The van der Waals surface area contributed by atoms with E-state index < -0.39 is 0 Å². The van der Waals surface area contributed by atoms with Crippen molar-refractivity contribution >= 4 is 5.91 Å². The van der Waals surface area contributed by atoms with Gasteiger partial charge in [-0.15, -0.1) is 0 Å². The lowest BCUT2D eigenvalue weighted by Crippen LogP contribution is -2.25. The number of aromatic nitrogens is 2. The number of carbonyl (C=O) groups excluding carboxylic acids is 1. The molecule has 0 unspecified atom stereocenters. The molecular formula is C14H13N3O2. The molecule has 3 rings (SSSR count). The Labute approximate surface area is 110 Å². The van der Waals surface area contributed by atoms with E-state index in [1.54, 1.807) is 42.5 Å². The predicted molar refractivity (Wildman–Crippen MR) is 68.6 cm³/mol. The van der Waals surface area contributed by atoms with Crippen LogP contribution in [0.4, 0.5) is 0 Å². The van der Waals surface area contributed by atoms with E-state index in [2.05, 4.69) is 9.97 Å². The quantitative estimate of drug-likeness (QED) is 0.818. The number of nitrogens with zero attached hydrogens (tertiary/aromatic N) is 3. The van der Waals surface area contributed by atoms with Crippen LogP contribution in [0.1, 0.15) is 21.6 Å². The zero-order chi connectivity index (χ0) is 13.2. The largest absolute Gasteiger partial charge is 0.497 e. The number of rotatable bonds is 2. The average Bonchev–Trinajstić information content (AvgIpc) is 2.90. The van der Waals surface area contributed by atoms with Crippen molar-refractivity contribution < 1.29 is 9.53 Å². The summed E-state index contributed by atoms with van der Waals surface area (Å²) in [6, 6.07) is 7.12. The summed E-state index contributed by atoms with van der Waals surface area (Å²) < 4.78 is 5.08. The van der Waals surface area contributed by atoms with Gasteiger partial charge in [0.25, 0.3) is 5.91 Å². The molecule has 0 saturated carbocycles. The Morgan fingerprint density at radius 1 is 1.26 bits per heavy atom. The molecule has 1 aromatic heterocycles. The van der Waals surface area contributed by atoms with Gasteiger partial charge in [0.2, 0.25) is 0 Å². The lowest BCUT2D eigenvalue weighted by molar-refractivity contribution is 0.0750. The van der Waals surface area contributed by atoms with Crippen molar-refractivity contribution in [2.45, 2.75) is 13.1 Å². The highest BCUT2D eigenvalue weighted by Crippen LogP contribution is 2.22. The minimum atomic E-state index is 0.000605. The maximum atomic E-state index is 12.4. The fraction of sp³-hybridized carbons (Fsp3) is 0.214. The zero-order valence-corrected chi connectivity index (χ0v) is 10.5. The topological polar surface area (TPSA) is 55.3 Å². The van der Waals surface area contributed by atoms with Gasteiger partial charge in [-0.1, -0.05) is 0 Å². The second-order valence-corrected chi connectivity index (χ2v) is 4.38. The molecule has 1 aliphatic heterocycles. The molecule has 96 valence electrons. The van der Waals surface area contributed by atoms with E-state index in [0.717, 1.165) is 17.0 Å². The summed E-state index contributed by atoms with van der Waals surface area (Å²) in [6.07, 6.45) is 3.28. The van der Waals surface area contributed by atoms with Gasteiger partial charge in [-0.2, -0.15) is 0 Å². The first-order valence-electron chi connectivity index (χ1n) is 5.99. The van der Waals surface area contributed by atoms with Crippen molar-refractivity contribution in [2.24, 2.45) is 0 Å². The number of fused-ring (bicyclic) bond motifs is 1. The Morgan fingerprint density at radius 3 is 2.74 bits per heavy atom. The number of hydrogen-bond acceptors (Lipinski definition) is 4. The molecule has 0 fully saturated rings. The van der Waals surface area contributed by atoms with E-state index in [4.69, 9.17) is 4.74 Å². The van der Waals surface area contributed by atoms with Crippen molar-refractivity contribution in [1.29, 1.82) is 0 Å². The van der Waals surface area contributed by atoms with Crippen LogP contribution in [0.25, 0.3) is 0 Å². The van der Waals surface area contributed by atoms with Crippen LogP contribution in [-0.2, 0) is 13.1 Å². The highest BCUT2D eigenvalue weighted by atomic mass is 16.5. The first-order chi connectivity index (χ1) is 9.28. The third kappa shape index (κ3) is 2.14. The maximum Gasteiger partial charge on any atom is 0.254 e. The van der Waals surface area contributed by atoms with Crippen molar-refractivity contribution in [3.63, 3.8) is 0 Å². The average molecular weight is 255 g/mol. The van der Waals surface area contributed by atoms with Gasteiger partial charge in [-0.25, -0.2) is 9.97 Å². The monoisotopic (exact) mass is 255 g/mol.